The lowest BCUT2D eigenvalue weighted by molar-refractivity contribution is -0.120. The molecule has 0 atom stereocenters. The minimum atomic E-state index is -0.431. The maximum Gasteiger partial charge on any atom is 0.258 e. The van der Waals surface area contributed by atoms with E-state index in [4.69, 9.17) is 23.2 Å². The van der Waals surface area contributed by atoms with Crippen molar-refractivity contribution in [1.82, 2.24) is 14.7 Å². The maximum absolute atomic E-state index is 12.8. The van der Waals surface area contributed by atoms with Crippen molar-refractivity contribution in [3.63, 3.8) is 0 Å². The molecule has 0 bridgehead atoms. The van der Waals surface area contributed by atoms with Crippen LogP contribution in [-0.2, 0) is 17.8 Å². The molecular formula is C22H19Cl3N4O2S. The zero-order chi connectivity index (χ0) is 22.0. The molecule has 0 saturated heterocycles. The Balaban J connectivity index is 0.00000289. The molecule has 0 fully saturated rings. The second-order valence-electron chi connectivity index (χ2n) is 6.84. The Labute approximate surface area is 205 Å². The largest absolute Gasteiger partial charge is 0.351 e. The minimum absolute atomic E-state index is 0. The fourth-order valence-corrected chi connectivity index (χ4v) is 4.47. The predicted octanol–water partition coefficient (Wildman–Crippen LogP) is 5.54. The third-order valence-corrected chi connectivity index (χ3v) is 6.26. The maximum atomic E-state index is 12.8. The first kappa shape index (κ1) is 24.1. The third-order valence-electron chi connectivity index (χ3n) is 4.76. The van der Waals surface area contributed by atoms with Gasteiger partial charge in [0.15, 0.2) is 5.65 Å². The number of nitrogens with one attached hydrogen (secondary N) is 2. The smallest absolute Gasteiger partial charge is 0.258 e. The molecule has 32 heavy (non-hydrogen) atoms. The van der Waals surface area contributed by atoms with Crippen LogP contribution in [0.5, 0.6) is 0 Å². The van der Waals surface area contributed by atoms with E-state index in [0.29, 0.717) is 23.6 Å². The van der Waals surface area contributed by atoms with E-state index in [-0.39, 0.29) is 40.3 Å². The Morgan fingerprint density at radius 2 is 1.84 bits per heavy atom. The van der Waals surface area contributed by atoms with Crippen LogP contribution in [0.1, 0.15) is 26.6 Å². The van der Waals surface area contributed by atoms with E-state index in [0.717, 1.165) is 10.6 Å². The van der Waals surface area contributed by atoms with Gasteiger partial charge in [-0.15, -0.1) is 23.7 Å². The number of halogens is 3. The molecule has 10 heteroatoms. The van der Waals surface area contributed by atoms with Crippen LogP contribution >= 0.6 is 46.9 Å². The van der Waals surface area contributed by atoms with Crippen molar-refractivity contribution in [1.29, 1.82) is 0 Å². The summed E-state index contributed by atoms with van der Waals surface area (Å²) >= 11 is 13.9. The van der Waals surface area contributed by atoms with Crippen LogP contribution in [0, 0.1) is 6.92 Å². The standard InChI is InChI=1S/C22H18Cl2N4O2S.ClH/c1-13-18(11-19(29)25-12-14-5-4-10-31-14)28-9-3-8-17(21(28)26-13)27-22(30)20-15(23)6-2-7-16(20)24;/h2-10H,11-12H2,1H3,(H,25,29)(H,27,30);1H. The van der Waals surface area contributed by atoms with Gasteiger partial charge in [0.05, 0.1) is 45.6 Å². The summed E-state index contributed by atoms with van der Waals surface area (Å²) in [5.41, 5.74) is 2.70. The molecular weight excluding hydrogens is 491 g/mol. The summed E-state index contributed by atoms with van der Waals surface area (Å²) in [6.45, 7) is 2.33. The summed E-state index contributed by atoms with van der Waals surface area (Å²) < 4.78 is 1.81. The predicted molar refractivity (Wildman–Crippen MR) is 131 cm³/mol. The molecule has 6 nitrogen and oxygen atoms in total. The zero-order valence-electron chi connectivity index (χ0n) is 16.9. The number of hydrogen-bond acceptors (Lipinski definition) is 4. The first-order valence-corrected chi connectivity index (χ1v) is 11.1. The lowest BCUT2D eigenvalue weighted by atomic mass is 10.2. The summed E-state index contributed by atoms with van der Waals surface area (Å²) in [6.07, 6.45) is 1.99. The molecule has 166 valence electrons. The van der Waals surface area contributed by atoms with Gasteiger partial charge in [-0.1, -0.05) is 35.3 Å². The van der Waals surface area contributed by atoms with Crippen molar-refractivity contribution in [2.24, 2.45) is 0 Å². The fourth-order valence-electron chi connectivity index (χ4n) is 3.25. The number of carbonyl (C=O) groups is 2. The molecule has 0 radical (unpaired) electrons. The molecule has 2 N–H and O–H groups in total. The van der Waals surface area contributed by atoms with Gasteiger partial charge in [-0.05, 0) is 42.6 Å². The quantitative estimate of drug-likeness (QED) is 0.358. The van der Waals surface area contributed by atoms with E-state index in [9.17, 15) is 9.59 Å². The summed E-state index contributed by atoms with van der Waals surface area (Å²) in [4.78, 5) is 30.9. The van der Waals surface area contributed by atoms with Gasteiger partial charge in [0.1, 0.15) is 0 Å². The molecule has 0 unspecified atom stereocenters. The molecule has 0 saturated carbocycles. The SMILES string of the molecule is Cc1nc2c(NC(=O)c3c(Cl)cccc3Cl)cccn2c1CC(=O)NCc1cccs1.Cl. The lowest BCUT2D eigenvalue weighted by Gasteiger charge is -2.10. The average molecular weight is 510 g/mol. The summed E-state index contributed by atoms with van der Waals surface area (Å²) in [5.74, 6) is -0.532. The molecule has 4 aromatic rings. The Morgan fingerprint density at radius 1 is 1.09 bits per heavy atom. The third kappa shape index (κ3) is 5.07. The number of fused-ring (bicyclic) bond motifs is 1. The van der Waals surface area contributed by atoms with Crippen molar-refractivity contribution in [2.75, 3.05) is 5.32 Å². The highest BCUT2D eigenvalue weighted by molar-refractivity contribution is 7.09. The number of nitrogens with zero attached hydrogens (tertiary/aromatic N) is 2. The van der Waals surface area contributed by atoms with E-state index in [2.05, 4.69) is 15.6 Å². The Kier molecular flexibility index (Phi) is 7.79. The first-order valence-electron chi connectivity index (χ1n) is 9.45. The summed E-state index contributed by atoms with van der Waals surface area (Å²) in [6, 6.07) is 12.3. The van der Waals surface area contributed by atoms with Crippen molar-refractivity contribution in [3.8, 4) is 0 Å². The minimum Gasteiger partial charge on any atom is -0.351 e. The highest BCUT2D eigenvalue weighted by Gasteiger charge is 2.19. The Hall–Kier alpha value is -2.58. The highest BCUT2D eigenvalue weighted by Crippen LogP contribution is 2.27. The number of aryl methyl sites for hydroxylation is 1. The Morgan fingerprint density at radius 3 is 2.53 bits per heavy atom. The highest BCUT2D eigenvalue weighted by atomic mass is 35.5. The van der Waals surface area contributed by atoms with Crippen LogP contribution in [0.2, 0.25) is 10.0 Å². The zero-order valence-corrected chi connectivity index (χ0v) is 20.0. The van der Waals surface area contributed by atoms with Gasteiger partial charge in [-0.25, -0.2) is 4.98 Å². The molecule has 4 rings (SSSR count). The summed E-state index contributed by atoms with van der Waals surface area (Å²) in [7, 11) is 0. The van der Waals surface area contributed by atoms with Crippen LogP contribution < -0.4 is 10.6 Å². The van der Waals surface area contributed by atoms with Gasteiger partial charge < -0.3 is 15.0 Å². The van der Waals surface area contributed by atoms with Crippen LogP contribution in [-0.4, -0.2) is 21.2 Å². The molecule has 0 aliphatic rings. The number of amides is 2. The second kappa shape index (κ2) is 10.4. The van der Waals surface area contributed by atoms with E-state index < -0.39 is 5.91 Å². The number of thiophene rings is 1. The number of benzene rings is 1. The number of imidazole rings is 1. The number of pyridine rings is 1. The monoisotopic (exact) mass is 508 g/mol. The average Bonchev–Trinajstić information content (AvgIpc) is 3.35. The van der Waals surface area contributed by atoms with Crippen LogP contribution in [0.3, 0.4) is 0 Å². The van der Waals surface area contributed by atoms with Crippen LogP contribution in [0.15, 0.2) is 54.0 Å². The van der Waals surface area contributed by atoms with Gasteiger partial charge in [0, 0.05) is 11.1 Å². The number of anilines is 1. The molecule has 0 aliphatic heterocycles. The van der Waals surface area contributed by atoms with Gasteiger partial charge in [-0.3, -0.25) is 9.59 Å². The van der Waals surface area contributed by atoms with Crippen molar-refractivity contribution < 1.29 is 9.59 Å². The van der Waals surface area contributed by atoms with Crippen molar-refractivity contribution in [3.05, 3.63) is 85.9 Å². The van der Waals surface area contributed by atoms with E-state index in [1.54, 1.807) is 41.7 Å². The van der Waals surface area contributed by atoms with Gasteiger partial charge in [0.2, 0.25) is 5.91 Å². The lowest BCUT2D eigenvalue weighted by Crippen LogP contribution is -2.25. The van der Waals surface area contributed by atoms with E-state index in [1.165, 1.54) is 0 Å². The topological polar surface area (TPSA) is 75.5 Å². The van der Waals surface area contributed by atoms with Crippen molar-refractivity contribution >= 4 is 70.1 Å². The van der Waals surface area contributed by atoms with E-state index in [1.807, 2.05) is 35.0 Å². The van der Waals surface area contributed by atoms with Gasteiger partial charge in [0.25, 0.3) is 5.91 Å². The van der Waals surface area contributed by atoms with Crippen LogP contribution in [0.4, 0.5) is 5.69 Å². The molecule has 2 amide bonds. The second-order valence-corrected chi connectivity index (χ2v) is 8.69. The van der Waals surface area contributed by atoms with Crippen LogP contribution in [0.25, 0.3) is 5.65 Å². The van der Waals surface area contributed by atoms with Gasteiger partial charge in [-0.2, -0.15) is 0 Å². The van der Waals surface area contributed by atoms with Crippen molar-refractivity contribution in [2.45, 2.75) is 19.9 Å². The molecule has 0 spiro atoms. The number of aromatic nitrogens is 2. The number of rotatable bonds is 6. The first-order chi connectivity index (χ1) is 14.9. The Bertz CT molecular complexity index is 1250. The molecule has 3 heterocycles. The number of hydrogen-bond donors (Lipinski definition) is 2. The fraction of sp³-hybridized carbons (Fsp3) is 0.136. The summed E-state index contributed by atoms with van der Waals surface area (Å²) in [5, 5.41) is 8.26. The molecule has 0 aliphatic carbocycles. The normalized spacial score (nSPS) is 10.6. The molecule has 1 aromatic carbocycles. The van der Waals surface area contributed by atoms with E-state index >= 15 is 0 Å². The van der Waals surface area contributed by atoms with Gasteiger partial charge >= 0.3 is 0 Å². The number of carbonyl (C=O) groups excluding carboxylic acids is 2. The molecule has 3 aromatic heterocycles.